The molecule has 124 valence electrons. The smallest absolute Gasteiger partial charge is 0.220 e. The van der Waals surface area contributed by atoms with Crippen LogP contribution >= 0.6 is 22.6 Å². The molecule has 0 spiro atoms. The quantitative estimate of drug-likeness (QED) is 0.622. The molecule has 3 aromatic rings. The first-order valence-corrected chi connectivity index (χ1v) is 8.71. The minimum Gasteiger partial charge on any atom is -0.438 e. The van der Waals surface area contributed by atoms with Gasteiger partial charge in [0.2, 0.25) is 5.88 Å². The van der Waals surface area contributed by atoms with Gasteiger partial charge in [-0.15, -0.1) is 0 Å². The lowest BCUT2D eigenvalue weighted by molar-refractivity contribution is 0.121. The number of hydrogen-bond donors (Lipinski definition) is 1. The second-order valence-corrected chi connectivity index (χ2v) is 6.75. The summed E-state index contributed by atoms with van der Waals surface area (Å²) >= 11 is 2.09. The molecule has 0 atom stereocenters. The summed E-state index contributed by atoms with van der Waals surface area (Å²) in [5.74, 6) is 0.396. The highest BCUT2D eigenvalue weighted by atomic mass is 127. The predicted octanol–water partition coefficient (Wildman–Crippen LogP) is 4.15. The molecule has 1 aliphatic heterocycles. The van der Waals surface area contributed by atoms with E-state index in [1.54, 1.807) is 18.5 Å². The fourth-order valence-electron chi connectivity index (χ4n) is 2.76. The van der Waals surface area contributed by atoms with Gasteiger partial charge in [-0.3, -0.25) is 4.98 Å². The largest absolute Gasteiger partial charge is 0.438 e. The van der Waals surface area contributed by atoms with E-state index in [0.29, 0.717) is 24.8 Å². The van der Waals surface area contributed by atoms with Crippen molar-refractivity contribution in [1.29, 1.82) is 0 Å². The molecular weight excluding hydrogens is 424 g/mol. The van der Waals surface area contributed by atoms with Crippen LogP contribution in [0.25, 0.3) is 11.0 Å². The molecule has 7 heteroatoms. The standard InChI is InChI=1S/C17H15FIN3O2/c18-13-9-11(19)1-2-14(13)21-16-12-10-20-4-3-15(12)24-17(16)22-5-7-23-8-6-22/h1-4,9-10,21H,5-8H2. The van der Waals surface area contributed by atoms with E-state index in [0.717, 1.165) is 33.3 Å². The summed E-state index contributed by atoms with van der Waals surface area (Å²) in [5, 5.41) is 4.02. The summed E-state index contributed by atoms with van der Waals surface area (Å²) in [5.41, 5.74) is 1.87. The van der Waals surface area contributed by atoms with Gasteiger partial charge in [-0.25, -0.2) is 4.39 Å². The van der Waals surface area contributed by atoms with E-state index >= 15 is 0 Å². The lowest BCUT2D eigenvalue weighted by atomic mass is 10.2. The first-order chi connectivity index (χ1) is 11.7. The highest BCUT2D eigenvalue weighted by molar-refractivity contribution is 14.1. The Hall–Kier alpha value is -1.87. The monoisotopic (exact) mass is 439 g/mol. The second-order valence-electron chi connectivity index (χ2n) is 5.50. The Balaban J connectivity index is 1.79. The zero-order chi connectivity index (χ0) is 16.5. The van der Waals surface area contributed by atoms with Crippen LogP contribution in [0.2, 0.25) is 0 Å². The molecule has 1 N–H and O–H groups in total. The van der Waals surface area contributed by atoms with Crippen molar-refractivity contribution in [3.05, 3.63) is 46.0 Å². The molecule has 2 aromatic heterocycles. The molecule has 0 radical (unpaired) electrons. The molecule has 24 heavy (non-hydrogen) atoms. The first-order valence-electron chi connectivity index (χ1n) is 7.63. The number of morpholine rings is 1. The number of rotatable bonds is 3. The fraction of sp³-hybridized carbons (Fsp3) is 0.235. The summed E-state index contributed by atoms with van der Waals surface area (Å²) in [7, 11) is 0. The third-order valence-corrected chi connectivity index (χ3v) is 4.63. The van der Waals surface area contributed by atoms with E-state index in [4.69, 9.17) is 9.15 Å². The molecule has 0 bridgehead atoms. The van der Waals surface area contributed by atoms with Crippen molar-refractivity contribution in [3.63, 3.8) is 0 Å². The fourth-order valence-corrected chi connectivity index (χ4v) is 3.22. The van der Waals surface area contributed by atoms with Crippen molar-refractivity contribution in [2.75, 3.05) is 36.5 Å². The molecule has 1 saturated heterocycles. The van der Waals surface area contributed by atoms with E-state index in [-0.39, 0.29) is 5.82 Å². The van der Waals surface area contributed by atoms with E-state index in [9.17, 15) is 4.39 Å². The molecule has 1 aliphatic rings. The molecule has 1 fully saturated rings. The number of hydrogen-bond acceptors (Lipinski definition) is 5. The predicted molar refractivity (Wildman–Crippen MR) is 99.4 cm³/mol. The number of fused-ring (bicyclic) bond motifs is 1. The van der Waals surface area contributed by atoms with Crippen LogP contribution < -0.4 is 10.2 Å². The highest BCUT2D eigenvalue weighted by Crippen LogP contribution is 2.39. The first kappa shape index (κ1) is 15.6. The lowest BCUT2D eigenvalue weighted by Crippen LogP contribution is -2.36. The van der Waals surface area contributed by atoms with Crippen molar-refractivity contribution in [2.45, 2.75) is 0 Å². The Morgan fingerprint density at radius 1 is 1.21 bits per heavy atom. The minimum absolute atomic E-state index is 0.298. The van der Waals surface area contributed by atoms with Crippen molar-refractivity contribution in [3.8, 4) is 0 Å². The van der Waals surface area contributed by atoms with Gasteiger partial charge in [-0.2, -0.15) is 0 Å². The molecule has 4 rings (SSSR count). The van der Waals surface area contributed by atoms with E-state index in [1.165, 1.54) is 6.07 Å². The van der Waals surface area contributed by atoms with Gasteiger partial charge in [0.15, 0.2) is 0 Å². The Morgan fingerprint density at radius 3 is 2.83 bits per heavy atom. The number of halogens is 2. The zero-order valence-electron chi connectivity index (χ0n) is 12.8. The van der Waals surface area contributed by atoms with Crippen LogP contribution in [-0.2, 0) is 4.74 Å². The van der Waals surface area contributed by atoms with Crippen molar-refractivity contribution in [2.24, 2.45) is 0 Å². The van der Waals surface area contributed by atoms with Gasteiger partial charge in [0.25, 0.3) is 0 Å². The Labute approximate surface area is 151 Å². The van der Waals surface area contributed by atoms with Gasteiger partial charge in [0.05, 0.1) is 24.3 Å². The molecule has 0 amide bonds. The number of anilines is 3. The van der Waals surface area contributed by atoms with Crippen LogP contribution in [0.4, 0.5) is 21.6 Å². The second kappa shape index (κ2) is 6.56. The van der Waals surface area contributed by atoms with Gasteiger partial charge in [-0.1, -0.05) is 0 Å². The number of nitrogens with one attached hydrogen (secondary N) is 1. The Morgan fingerprint density at radius 2 is 2.04 bits per heavy atom. The van der Waals surface area contributed by atoms with E-state index in [2.05, 4.69) is 37.8 Å². The Bertz CT molecular complexity index is 877. The molecular formula is C17H15FIN3O2. The highest BCUT2D eigenvalue weighted by Gasteiger charge is 2.22. The summed E-state index contributed by atoms with van der Waals surface area (Å²) in [4.78, 5) is 6.28. The number of ether oxygens (including phenoxy) is 1. The Kier molecular flexibility index (Phi) is 4.28. The maximum atomic E-state index is 14.3. The molecule has 5 nitrogen and oxygen atoms in total. The van der Waals surface area contributed by atoms with Crippen LogP contribution in [0, 0.1) is 9.39 Å². The molecule has 0 aliphatic carbocycles. The maximum Gasteiger partial charge on any atom is 0.220 e. The SMILES string of the molecule is Fc1cc(I)ccc1Nc1c(N2CCOCC2)oc2ccncc12. The van der Waals surface area contributed by atoms with E-state index < -0.39 is 0 Å². The molecule has 3 heterocycles. The van der Waals surface area contributed by atoms with Gasteiger partial charge in [0, 0.05) is 29.1 Å². The maximum absolute atomic E-state index is 14.3. The topological polar surface area (TPSA) is 50.5 Å². The zero-order valence-corrected chi connectivity index (χ0v) is 14.9. The number of benzene rings is 1. The third kappa shape index (κ3) is 2.93. The lowest BCUT2D eigenvalue weighted by Gasteiger charge is -2.27. The molecule has 0 unspecified atom stereocenters. The average Bonchev–Trinajstić information content (AvgIpc) is 2.97. The normalized spacial score (nSPS) is 15.0. The number of furan rings is 1. The van der Waals surface area contributed by atoms with Crippen LogP contribution in [-0.4, -0.2) is 31.3 Å². The molecule has 0 saturated carbocycles. The number of aromatic nitrogens is 1. The van der Waals surface area contributed by atoms with Gasteiger partial charge in [0.1, 0.15) is 17.1 Å². The summed E-state index contributed by atoms with van der Waals surface area (Å²) in [6, 6.07) is 6.91. The van der Waals surface area contributed by atoms with E-state index in [1.807, 2.05) is 12.1 Å². The average molecular weight is 439 g/mol. The number of pyridine rings is 1. The third-order valence-electron chi connectivity index (χ3n) is 3.96. The summed E-state index contributed by atoms with van der Waals surface area (Å²) < 4.78 is 26.5. The summed E-state index contributed by atoms with van der Waals surface area (Å²) in [6.45, 7) is 2.76. The van der Waals surface area contributed by atoms with Crippen LogP contribution in [0.3, 0.4) is 0 Å². The van der Waals surface area contributed by atoms with Crippen LogP contribution in [0.1, 0.15) is 0 Å². The van der Waals surface area contributed by atoms with Gasteiger partial charge >= 0.3 is 0 Å². The van der Waals surface area contributed by atoms with Crippen molar-refractivity contribution < 1.29 is 13.5 Å². The molecule has 1 aromatic carbocycles. The van der Waals surface area contributed by atoms with Crippen LogP contribution in [0.15, 0.2) is 41.1 Å². The summed E-state index contributed by atoms with van der Waals surface area (Å²) in [6.07, 6.45) is 3.42. The minimum atomic E-state index is -0.298. The van der Waals surface area contributed by atoms with Crippen LogP contribution in [0.5, 0.6) is 0 Å². The van der Waals surface area contributed by atoms with Gasteiger partial charge < -0.3 is 19.4 Å². The number of nitrogens with zero attached hydrogens (tertiary/aromatic N) is 2. The van der Waals surface area contributed by atoms with Crippen molar-refractivity contribution >= 4 is 50.8 Å². The van der Waals surface area contributed by atoms with Crippen molar-refractivity contribution in [1.82, 2.24) is 4.98 Å². The van der Waals surface area contributed by atoms with Gasteiger partial charge in [-0.05, 0) is 46.9 Å².